The van der Waals surface area contributed by atoms with Gasteiger partial charge in [0.25, 0.3) is 0 Å². The first-order chi connectivity index (χ1) is 22.9. The molecule has 47 heavy (non-hydrogen) atoms. The van der Waals surface area contributed by atoms with Gasteiger partial charge in [0.05, 0.1) is 17.1 Å². The quantitative estimate of drug-likeness (QED) is 0.285. The predicted molar refractivity (Wildman–Crippen MR) is 175 cm³/mol. The molecule has 10 rings (SSSR count). The molecule has 5 atom stereocenters. The number of nitrogens with one attached hydrogen (secondary N) is 1. The van der Waals surface area contributed by atoms with Gasteiger partial charge in [-0.1, -0.05) is 30.2 Å². The Labute approximate surface area is 271 Å². The Hall–Kier alpha value is -4.07. The average molecular weight is 635 g/mol. The van der Waals surface area contributed by atoms with E-state index in [1.54, 1.807) is 18.2 Å². The summed E-state index contributed by atoms with van der Waals surface area (Å²) in [6.45, 7) is 4.34. The molecule has 2 aromatic heterocycles. The first kappa shape index (κ1) is 28.0. The van der Waals surface area contributed by atoms with Gasteiger partial charge >= 0.3 is 6.01 Å². The highest BCUT2D eigenvalue weighted by Gasteiger charge is 2.62. The van der Waals surface area contributed by atoms with Crippen LogP contribution in [0.25, 0.3) is 32.9 Å². The second-order valence-electron chi connectivity index (χ2n) is 14.6. The topological polar surface area (TPSA) is 75.6 Å². The molecule has 10 heteroatoms. The lowest BCUT2D eigenvalue weighted by atomic mass is 9.95. The largest absolute Gasteiger partial charge is 0.472 e. The molecule has 1 N–H and O–H groups in total. The molecular weight excluding hydrogens is 598 g/mol. The lowest BCUT2D eigenvalue weighted by Gasteiger charge is -2.42. The Morgan fingerprint density at radius 2 is 1.94 bits per heavy atom. The molecule has 0 radical (unpaired) electrons. The molecule has 4 aromatic rings. The number of halogens is 2. The molecule has 8 nitrogen and oxygen atoms in total. The molecule has 1 saturated carbocycles. The molecule has 7 heterocycles. The molecule has 2 aromatic carbocycles. The average Bonchev–Trinajstić information content (AvgIpc) is 3.50. The van der Waals surface area contributed by atoms with Crippen LogP contribution in [0.5, 0.6) is 11.9 Å². The van der Waals surface area contributed by atoms with Crippen LogP contribution in [0.15, 0.2) is 30.3 Å². The lowest BCUT2D eigenvalue weighted by Crippen LogP contribution is -2.62. The van der Waals surface area contributed by atoms with Crippen molar-refractivity contribution in [2.45, 2.75) is 93.6 Å². The Morgan fingerprint density at radius 1 is 1.06 bits per heavy atom. The summed E-state index contributed by atoms with van der Waals surface area (Å²) in [6, 6.07) is 8.98. The number of nitrogens with zero attached hydrogens (tertiary/aromatic N) is 5. The van der Waals surface area contributed by atoms with Crippen molar-refractivity contribution in [1.82, 2.24) is 25.2 Å². The number of hydrogen-bond donors (Lipinski definition) is 1. The van der Waals surface area contributed by atoms with E-state index in [2.05, 4.69) is 21.0 Å². The van der Waals surface area contributed by atoms with Crippen molar-refractivity contribution in [3.05, 3.63) is 47.5 Å². The predicted octanol–water partition coefficient (Wildman–Crippen LogP) is 5.73. The molecule has 6 aliphatic rings. The zero-order valence-corrected chi connectivity index (χ0v) is 26.4. The molecule has 1 spiro atoms. The van der Waals surface area contributed by atoms with Crippen molar-refractivity contribution in [2.75, 3.05) is 24.6 Å². The number of benzene rings is 2. The number of hydrogen-bond acceptors (Lipinski definition) is 8. The van der Waals surface area contributed by atoms with E-state index in [4.69, 9.17) is 30.8 Å². The fourth-order valence-corrected chi connectivity index (χ4v) is 9.85. The van der Waals surface area contributed by atoms with E-state index in [-0.39, 0.29) is 52.4 Å². The summed E-state index contributed by atoms with van der Waals surface area (Å²) in [5.74, 6) is 2.16. The standard InChI is InChI=1S/C37H36F2N6O2/c1-3-23-25(38)10-8-21-6-4-7-24(27(21)23)30-29(39)31-28-33(44-18-22-9-11-26(40-22)32(44)20(2)47-34(28)41-30)43-35(42-31)46-19-37-12-5-17-45(37)36(13-14-36)15-16-37/h1,4,6-8,10,20,22,26,32,40H,5,9,11-19H2,2H3/t20-,22+,26-,32+,37?/m0/s1. The summed E-state index contributed by atoms with van der Waals surface area (Å²) < 4.78 is 45.3. The van der Waals surface area contributed by atoms with Crippen molar-refractivity contribution >= 4 is 27.5 Å². The van der Waals surface area contributed by atoms with Crippen LogP contribution in [-0.4, -0.2) is 74.9 Å². The fraction of sp³-hybridized carbons (Fsp3) is 0.486. The summed E-state index contributed by atoms with van der Waals surface area (Å²) >= 11 is 0. The maximum absolute atomic E-state index is 17.2. The van der Waals surface area contributed by atoms with Crippen LogP contribution in [0.4, 0.5) is 14.6 Å². The maximum atomic E-state index is 17.2. The zero-order valence-electron chi connectivity index (χ0n) is 26.4. The summed E-state index contributed by atoms with van der Waals surface area (Å²) in [5, 5.41) is 5.31. The molecule has 2 bridgehead atoms. The van der Waals surface area contributed by atoms with E-state index in [9.17, 15) is 0 Å². The first-order valence-corrected chi connectivity index (χ1v) is 17.1. The number of terminal acetylenes is 1. The fourth-order valence-electron chi connectivity index (χ4n) is 9.85. The number of aromatic nitrogens is 3. The SMILES string of the molecule is C#Cc1c(F)ccc2cccc(-c3nc4c5c(nc(OCC67CCCN6C6(CC6)CC7)nc5c3F)N3C[C@H]5CC[C@H](N5)[C@H]3[C@H](C)O4)c12. The summed E-state index contributed by atoms with van der Waals surface area (Å²) in [4.78, 5) is 19.6. The number of ether oxygens (including phenoxy) is 2. The lowest BCUT2D eigenvalue weighted by molar-refractivity contribution is 0.0773. The van der Waals surface area contributed by atoms with Gasteiger partial charge in [-0.2, -0.15) is 9.97 Å². The molecule has 5 aliphatic heterocycles. The van der Waals surface area contributed by atoms with Crippen LogP contribution in [-0.2, 0) is 0 Å². The number of fused-ring (bicyclic) bond motifs is 8. The highest BCUT2D eigenvalue weighted by molar-refractivity contribution is 6.03. The van der Waals surface area contributed by atoms with Gasteiger partial charge in [0, 0.05) is 35.1 Å². The molecular formula is C37H36F2N6O2. The van der Waals surface area contributed by atoms with Crippen molar-refractivity contribution < 1.29 is 18.3 Å². The van der Waals surface area contributed by atoms with Gasteiger partial charge < -0.3 is 19.7 Å². The van der Waals surface area contributed by atoms with Crippen molar-refractivity contribution in [1.29, 1.82) is 0 Å². The van der Waals surface area contributed by atoms with Gasteiger partial charge in [0.1, 0.15) is 40.9 Å². The first-order valence-electron chi connectivity index (χ1n) is 17.1. The van der Waals surface area contributed by atoms with E-state index in [0.717, 1.165) is 45.2 Å². The minimum atomic E-state index is -0.636. The molecule has 1 aliphatic carbocycles. The van der Waals surface area contributed by atoms with E-state index >= 15 is 8.78 Å². The van der Waals surface area contributed by atoms with Gasteiger partial charge in [-0.15, -0.1) is 6.42 Å². The highest BCUT2D eigenvalue weighted by atomic mass is 19.1. The normalized spacial score (nSPS) is 29.9. The summed E-state index contributed by atoms with van der Waals surface area (Å²) in [5.41, 5.74) is 0.874. The van der Waals surface area contributed by atoms with Gasteiger partial charge in [-0.3, -0.25) is 4.90 Å². The van der Waals surface area contributed by atoms with E-state index in [1.165, 1.54) is 25.3 Å². The third-order valence-electron chi connectivity index (χ3n) is 12.1. The van der Waals surface area contributed by atoms with Crippen molar-refractivity contribution in [3.63, 3.8) is 0 Å². The van der Waals surface area contributed by atoms with Crippen molar-refractivity contribution in [2.24, 2.45) is 0 Å². The highest BCUT2D eigenvalue weighted by Crippen LogP contribution is 2.59. The van der Waals surface area contributed by atoms with Crippen LogP contribution < -0.4 is 19.7 Å². The molecule has 5 fully saturated rings. The van der Waals surface area contributed by atoms with Crippen LogP contribution in [0.2, 0.25) is 0 Å². The smallest absolute Gasteiger partial charge is 0.319 e. The number of anilines is 1. The van der Waals surface area contributed by atoms with Gasteiger partial charge in [0.2, 0.25) is 5.88 Å². The van der Waals surface area contributed by atoms with Crippen LogP contribution in [0, 0.1) is 24.0 Å². The van der Waals surface area contributed by atoms with E-state index in [1.807, 2.05) is 13.0 Å². The van der Waals surface area contributed by atoms with Crippen molar-refractivity contribution in [3.8, 4) is 35.5 Å². The maximum Gasteiger partial charge on any atom is 0.319 e. The zero-order chi connectivity index (χ0) is 31.7. The second-order valence-corrected chi connectivity index (χ2v) is 14.6. The summed E-state index contributed by atoms with van der Waals surface area (Å²) in [7, 11) is 0. The summed E-state index contributed by atoms with van der Waals surface area (Å²) in [6.07, 6.45) is 14.7. The van der Waals surface area contributed by atoms with Gasteiger partial charge in [-0.05, 0) is 76.3 Å². The van der Waals surface area contributed by atoms with E-state index < -0.39 is 11.6 Å². The minimum Gasteiger partial charge on any atom is -0.472 e. The Bertz CT molecular complexity index is 2040. The Kier molecular flexibility index (Phi) is 5.80. The number of piperazine rings is 1. The third kappa shape index (κ3) is 3.90. The minimum absolute atomic E-state index is 0.00884. The Balaban J connectivity index is 1.17. The van der Waals surface area contributed by atoms with Crippen LogP contribution in [0.1, 0.15) is 63.9 Å². The number of pyridine rings is 1. The monoisotopic (exact) mass is 634 g/mol. The molecule has 0 amide bonds. The van der Waals surface area contributed by atoms with Gasteiger partial charge in [0.15, 0.2) is 5.82 Å². The number of rotatable bonds is 4. The van der Waals surface area contributed by atoms with Gasteiger partial charge in [-0.25, -0.2) is 13.8 Å². The third-order valence-corrected chi connectivity index (χ3v) is 12.1. The molecule has 1 unspecified atom stereocenters. The molecule has 4 saturated heterocycles. The second kappa shape index (κ2) is 9.74. The van der Waals surface area contributed by atoms with E-state index in [0.29, 0.717) is 45.7 Å². The van der Waals surface area contributed by atoms with Crippen LogP contribution >= 0.6 is 0 Å². The molecule has 240 valence electrons. The Morgan fingerprint density at radius 3 is 2.79 bits per heavy atom. The van der Waals surface area contributed by atoms with Crippen LogP contribution in [0.3, 0.4) is 0 Å².